The topological polar surface area (TPSA) is 26.3 Å². The Hall–Kier alpha value is -1.68. The van der Waals surface area contributed by atoms with Crippen LogP contribution in [-0.4, -0.2) is 5.78 Å². The molecule has 1 aromatic carbocycles. The van der Waals surface area contributed by atoms with Crippen LogP contribution >= 0.6 is 11.3 Å². The number of rotatable bonds is 4. The van der Waals surface area contributed by atoms with Gasteiger partial charge in [0, 0.05) is 0 Å². The summed E-state index contributed by atoms with van der Waals surface area (Å²) in [5, 5.41) is 3.92. The minimum atomic E-state index is -0.432. The first-order chi connectivity index (χ1) is 8.16. The van der Waals surface area contributed by atoms with E-state index in [1.54, 1.807) is 11.3 Å². The number of thiophene rings is 1. The smallest absolute Gasteiger partial charge is 0.163 e. The Morgan fingerprint density at radius 1 is 1.41 bits per heavy atom. The van der Waals surface area contributed by atoms with Gasteiger partial charge in [-0.1, -0.05) is 0 Å². The number of ketones is 1. The molecule has 2 nitrogen and oxygen atoms in total. The lowest BCUT2D eigenvalue weighted by Gasteiger charge is -2.08. The summed E-state index contributed by atoms with van der Waals surface area (Å²) < 4.78 is 18.5. The molecule has 17 heavy (non-hydrogen) atoms. The molecule has 0 unspecified atom stereocenters. The Labute approximate surface area is 103 Å². The lowest BCUT2D eigenvalue weighted by molar-refractivity contribution is 0.101. The first-order valence-electron chi connectivity index (χ1n) is 5.11. The number of benzene rings is 1. The molecule has 1 heterocycles. The highest BCUT2D eigenvalue weighted by molar-refractivity contribution is 7.07. The molecule has 0 atom stereocenters. The van der Waals surface area contributed by atoms with E-state index < -0.39 is 5.82 Å². The van der Waals surface area contributed by atoms with Gasteiger partial charge >= 0.3 is 0 Å². The van der Waals surface area contributed by atoms with E-state index in [0.717, 1.165) is 5.56 Å². The summed E-state index contributed by atoms with van der Waals surface area (Å²) in [7, 11) is 0. The third-order valence-electron chi connectivity index (χ3n) is 2.30. The summed E-state index contributed by atoms with van der Waals surface area (Å²) in [6.45, 7) is 1.78. The summed E-state index contributed by atoms with van der Waals surface area (Å²) in [6, 6.07) is 5.92. The van der Waals surface area contributed by atoms with E-state index in [2.05, 4.69) is 0 Å². The fourth-order valence-electron chi connectivity index (χ4n) is 1.44. The zero-order valence-electron chi connectivity index (χ0n) is 9.27. The van der Waals surface area contributed by atoms with Crippen LogP contribution in [0.4, 0.5) is 4.39 Å². The molecule has 0 aliphatic carbocycles. The zero-order valence-corrected chi connectivity index (χ0v) is 10.1. The van der Waals surface area contributed by atoms with E-state index in [4.69, 9.17) is 4.74 Å². The predicted octanol–water partition coefficient (Wildman–Crippen LogP) is 3.67. The van der Waals surface area contributed by atoms with Crippen LogP contribution in [0, 0.1) is 5.82 Å². The van der Waals surface area contributed by atoms with Crippen molar-refractivity contribution in [2.75, 3.05) is 0 Å². The van der Waals surface area contributed by atoms with Gasteiger partial charge in [0.05, 0.1) is 5.56 Å². The highest BCUT2D eigenvalue weighted by Gasteiger charge is 2.10. The maximum Gasteiger partial charge on any atom is 0.163 e. The lowest BCUT2D eigenvalue weighted by Crippen LogP contribution is -2.01. The molecule has 1 aromatic heterocycles. The Bertz CT molecular complexity index is 520. The number of carbonyl (C=O) groups excluding carboxylic acids is 1. The normalized spacial score (nSPS) is 10.2. The van der Waals surface area contributed by atoms with Crippen molar-refractivity contribution in [2.45, 2.75) is 13.5 Å². The second-order valence-electron chi connectivity index (χ2n) is 3.62. The minimum Gasteiger partial charge on any atom is -0.488 e. The zero-order chi connectivity index (χ0) is 12.3. The summed E-state index contributed by atoms with van der Waals surface area (Å²) in [6.07, 6.45) is 0. The van der Waals surface area contributed by atoms with Crippen molar-refractivity contribution in [2.24, 2.45) is 0 Å². The van der Waals surface area contributed by atoms with Gasteiger partial charge in [-0.05, 0) is 47.5 Å². The van der Waals surface area contributed by atoms with E-state index in [1.807, 2.05) is 16.8 Å². The minimum absolute atomic E-state index is 0.204. The number of carbonyl (C=O) groups is 1. The fraction of sp³-hybridized carbons (Fsp3) is 0.154. The molecule has 4 heteroatoms. The van der Waals surface area contributed by atoms with Crippen molar-refractivity contribution in [1.82, 2.24) is 0 Å². The summed E-state index contributed by atoms with van der Waals surface area (Å²) in [4.78, 5) is 11.3. The van der Waals surface area contributed by atoms with E-state index in [-0.39, 0.29) is 11.3 Å². The van der Waals surface area contributed by atoms with Crippen LogP contribution in [0.1, 0.15) is 22.8 Å². The number of hydrogen-bond acceptors (Lipinski definition) is 3. The average molecular weight is 250 g/mol. The first-order valence-corrected chi connectivity index (χ1v) is 6.05. The Morgan fingerprint density at radius 2 is 2.24 bits per heavy atom. The molecule has 0 aliphatic rings. The number of Topliss-reactive ketones (excluding diaryl/α,β-unsaturated/α-hetero) is 1. The second-order valence-corrected chi connectivity index (χ2v) is 4.40. The van der Waals surface area contributed by atoms with Gasteiger partial charge in [-0.25, -0.2) is 4.39 Å². The molecule has 0 spiro atoms. The highest BCUT2D eigenvalue weighted by Crippen LogP contribution is 2.21. The van der Waals surface area contributed by atoms with Crippen molar-refractivity contribution < 1.29 is 13.9 Å². The Balaban J connectivity index is 2.17. The maximum atomic E-state index is 13.0. The predicted molar refractivity (Wildman–Crippen MR) is 65.1 cm³/mol. The van der Waals surface area contributed by atoms with E-state index >= 15 is 0 Å². The number of halogens is 1. The van der Waals surface area contributed by atoms with Crippen LogP contribution in [0.2, 0.25) is 0 Å². The number of ether oxygens (including phenoxy) is 1. The quantitative estimate of drug-likeness (QED) is 0.774. The SMILES string of the molecule is CC(=O)c1cc(F)ccc1OCc1ccsc1. The van der Waals surface area contributed by atoms with E-state index in [0.29, 0.717) is 12.4 Å². The molecule has 0 amide bonds. The summed E-state index contributed by atoms with van der Waals surface area (Å²) >= 11 is 1.58. The molecule has 2 aromatic rings. The van der Waals surface area contributed by atoms with Gasteiger partial charge in [0.1, 0.15) is 18.2 Å². The van der Waals surface area contributed by atoms with Crippen molar-refractivity contribution in [3.8, 4) is 5.75 Å². The van der Waals surface area contributed by atoms with Crippen LogP contribution < -0.4 is 4.74 Å². The van der Waals surface area contributed by atoms with Gasteiger partial charge < -0.3 is 4.74 Å². The molecule has 88 valence electrons. The van der Waals surface area contributed by atoms with Gasteiger partial charge in [-0.2, -0.15) is 11.3 Å². The molecule has 2 rings (SSSR count). The fourth-order valence-corrected chi connectivity index (χ4v) is 2.09. The monoisotopic (exact) mass is 250 g/mol. The third-order valence-corrected chi connectivity index (χ3v) is 3.03. The highest BCUT2D eigenvalue weighted by atomic mass is 32.1. The number of hydrogen-bond donors (Lipinski definition) is 0. The molecule has 0 saturated heterocycles. The van der Waals surface area contributed by atoms with Gasteiger partial charge in [-0.3, -0.25) is 4.79 Å². The first kappa shape index (κ1) is 11.8. The molecule has 0 saturated carbocycles. The van der Waals surface area contributed by atoms with E-state index in [1.165, 1.54) is 25.1 Å². The van der Waals surface area contributed by atoms with Gasteiger partial charge in [0.25, 0.3) is 0 Å². The standard InChI is InChI=1S/C13H11FO2S/c1-9(15)12-6-11(14)2-3-13(12)16-7-10-4-5-17-8-10/h2-6,8H,7H2,1H3. The average Bonchev–Trinajstić information content (AvgIpc) is 2.80. The molecular weight excluding hydrogens is 239 g/mol. The van der Waals surface area contributed by atoms with Gasteiger partial charge in [-0.15, -0.1) is 0 Å². The Morgan fingerprint density at radius 3 is 2.88 bits per heavy atom. The van der Waals surface area contributed by atoms with Crippen molar-refractivity contribution in [1.29, 1.82) is 0 Å². The van der Waals surface area contributed by atoms with Crippen molar-refractivity contribution >= 4 is 17.1 Å². The summed E-state index contributed by atoms with van der Waals surface area (Å²) in [5.74, 6) is -0.215. The van der Waals surface area contributed by atoms with Gasteiger partial charge in [0.2, 0.25) is 0 Å². The van der Waals surface area contributed by atoms with Crippen LogP contribution in [0.25, 0.3) is 0 Å². The lowest BCUT2D eigenvalue weighted by atomic mass is 10.1. The Kier molecular flexibility index (Phi) is 3.54. The van der Waals surface area contributed by atoms with E-state index in [9.17, 15) is 9.18 Å². The van der Waals surface area contributed by atoms with Gasteiger partial charge in [0.15, 0.2) is 5.78 Å². The third kappa shape index (κ3) is 2.91. The largest absolute Gasteiger partial charge is 0.488 e. The van der Waals surface area contributed by atoms with Crippen LogP contribution in [-0.2, 0) is 6.61 Å². The second kappa shape index (κ2) is 5.10. The van der Waals surface area contributed by atoms with Crippen molar-refractivity contribution in [3.63, 3.8) is 0 Å². The molecular formula is C13H11FO2S. The summed E-state index contributed by atoms with van der Waals surface area (Å²) in [5.41, 5.74) is 1.31. The van der Waals surface area contributed by atoms with Crippen LogP contribution in [0.15, 0.2) is 35.0 Å². The maximum absolute atomic E-state index is 13.0. The molecule has 0 bridgehead atoms. The van der Waals surface area contributed by atoms with Crippen molar-refractivity contribution in [3.05, 3.63) is 52.0 Å². The molecule has 0 radical (unpaired) electrons. The van der Waals surface area contributed by atoms with Crippen LogP contribution in [0.3, 0.4) is 0 Å². The molecule has 0 N–H and O–H groups in total. The van der Waals surface area contributed by atoms with Crippen LogP contribution in [0.5, 0.6) is 5.75 Å². The molecule has 0 fully saturated rings. The molecule has 0 aliphatic heterocycles.